The van der Waals surface area contributed by atoms with Crippen molar-refractivity contribution in [3.8, 4) is 0 Å². The first-order valence-electron chi connectivity index (χ1n) is 4.03. The van der Waals surface area contributed by atoms with Crippen LogP contribution < -0.4 is 10.5 Å². The van der Waals surface area contributed by atoms with Crippen molar-refractivity contribution in [3.63, 3.8) is 0 Å². The van der Waals surface area contributed by atoms with Crippen molar-refractivity contribution in [1.82, 2.24) is 4.72 Å². The highest BCUT2D eigenvalue weighted by Crippen LogP contribution is 2.01. The molecule has 1 unspecified atom stereocenters. The Labute approximate surface area is 84.9 Å². The van der Waals surface area contributed by atoms with Gasteiger partial charge in [-0.1, -0.05) is 26.1 Å². The molecule has 0 rings (SSSR count). The lowest BCUT2D eigenvalue weighted by molar-refractivity contribution is 0.478. The largest absolute Gasteiger partial charge is 0.392 e. The highest BCUT2D eigenvalue weighted by molar-refractivity contribution is 7.92. The third kappa shape index (κ3) is 5.95. The van der Waals surface area contributed by atoms with Gasteiger partial charge < -0.3 is 5.73 Å². The van der Waals surface area contributed by atoms with Crippen molar-refractivity contribution in [1.29, 1.82) is 0 Å². The Morgan fingerprint density at radius 1 is 1.46 bits per heavy atom. The normalized spacial score (nSPS) is 14.5. The number of hydrogen-bond acceptors (Lipinski definition) is 3. The summed E-state index contributed by atoms with van der Waals surface area (Å²) in [6, 6.07) is -0.0978. The topological polar surface area (TPSA) is 72.2 Å². The van der Waals surface area contributed by atoms with Gasteiger partial charge >= 0.3 is 0 Å². The lowest BCUT2D eigenvalue weighted by atomic mass is 10.1. The summed E-state index contributed by atoms with van der Waals surface area (Å²) in [6.07, 6.45) is 0. The third-order valence-electron chi connectivity index (χ3n) is 1.70. The van der Waals surface area contributed by atoms with E-state index in [9.17, 15) is 8.42 Å². The van der Waals surface area contributed by atoms with Crippen molar-refractivity contribution < 1.29 is 8.42 Å². The number of nitrogens with two attached hydrogens (primary N) is 1. The fourth-order valence-corrected chi connectivity index (χ4v) is 2.41. The van der Waals surface area contributed by atoms with Gasteiger partial charge in [0.25, 0.3) is 0 Å². The van der Waals surface area contributed by atoms with Crippen molar-refractivity contribution in [2.24, 2.45) is 11.7 Å². The van der Waals surface area contributed by atoms with Crippen molar-refractivity contribution >= 4 is 27.2 Å². The second-order valence-electron chi connectivity index (χ2n) is 3.38. The van der Waals surface area contributed by atoms with Gasteiger partial charge in [0.2, 0.25) is 10.0 Å². The van der Waals surface area contributed by atoms with E-state index in [2.05, 4.69) is 16.9 Å². The molecule has 0 amide bonds. The molecule has 0 aromatic carbocycles. The van der Waals surface area contributed by atoms with E-state index in [0.717, 1.165) is 0 Å². The molecule has 0 spiro atoms. The molecule has 1 atom stereocenters. The number of hydrogen-bond donors (Lipinski definition) is 2. The zero-order valence-corrected chi connectivity index (χ0v) is 9.71. The van der Waals surface area contributed by atoms with Crippen molar-refractivity contribution in [2.45, 2.75) is 26.8 Å². The molecule has 0 aliphatic heterocycles. The van der Waals surface area contributed by atoms with Crippen molar-refractivity contribution in [3.05, 3.63) is 0 Å². The minimum atomic E-state index is -3.34. The van der Waals surface area contributed by atoms with Crippen LogP contribution in [0.1, 0.15) is 20.8 Å². The Morgan fingerprint density at radius 2 is 1.92 bits per heavy atom. The molecule has 0 radical (unpaired) electrons. The standard InChI is InChI=1S/C7H16N2O2S2/c1-5(2)6(3)9-13(10,11)4-7(8)12/h5-6,9H,4H2,1-3H3,(H2,8,12). The maximum absolute atomic E-state index is 11.3. The maximum atomic E-state index is 11.3. The van der Waals surface area contributed by atoms with Gasteiger partial charge in [0.15, 0.2) is 0 Å². The average Bonchev–Trinajstić information content (AvgIpc) is 1.81. The summed E-state index contributed by atoms with van der Waals surface area (Å²) in [4.78, 5) is -0.0107. The molecule has 0 aromatic rings. The Bertz CT molecular complexity index is 272. The Kier molecular flexibility index (Phi) is 4.80. The van der Waals surface area contributed by atoms with Crippen LogP contribution in [0.5, 0.6) is 0 Å². The first kappa shape index (κ1) is 12.8. The van der Waals surface area contributed by atoms with Gasteiger partial charge in [-0.15, -0.1) is 0 Å². The average molecular weight is 224 g/mol. The van der Waals surface area contributed by atoms with Crippen LogP contribution >= 0.6 is 12.2 Å². The van der Waals surface area contributed by atoms with Crippen LogP contribution in [0.2, 0.25) is 0 Å². The fourth-order valence-electron chi connectivity index (χ4n) is 0.648. The van der Waals surface area contributed by atoms with Gasteiger partial charge in [-0.05, 0) is 12.8 Å². The van der Waals surface area contributed by atoms with Gasteiger partial charge in [-0.2, -0.15) is 0 Å². The van der Waals surface area contributed by atoms with E-state index in [1.807, 2.05) is 20.8 Å². The first-order chi connectivity index (χ1) is 5.74. The highest BCUT2D eigenvalue weighted by Gasteiger charge is 2.17. The van der Waals surface area contributed by atoms with E-state index in [1.165, 1.54) is 0 Å². The van der Waals surface area contributed by atoms with E-state index < -0.39 is 10.0 Å². The zero-order chi connectivity index (χ0) is 10.6. The molecule has 0 aliphatic carbocycles. The maximum Gasteiger partial charge on any atom is 0.218 e. The van der Waals surface area contributed by atoms with E-state index in [0.29, 0.717) is 0 Å². The molecule has 0 bridgehead atoms. The lowest BCUT2D eigenvalue weighted by Gasteiger charge is -2.16. The van der Waals surface area contributed by atoms with Gasteiger partial charge in [0.05, 0.1) is 4.99 Å². The summed E-state index contributed by atoms with van der Waals surface area (Å²) in [5.41, 5.74) is 5.14. The summed E-state index contributed by atoms with van der Waals surface area (Å²) in [5.74, 6) is -0.0273. The quantitative estimate of drug-likeness (QED) is 0.656. The predicted octanol–water partition coefficient (Wildman–Crippen LogP) is 0.236. The van der Waals surface area contributed by atoms with Crippen LogP contribution in [0.15, 0.2) is 0 Å². The molecule has 0 aliphatic rings. The predicted molar refractivity (Wildman–Crippen MR) is 58.0 cm³/mol. The van der Waals surface area contributed by atoms with E-state index in [-0.39, 0.29) is 22.7 Å². The lowest BCUT2D eigenvalue weighted by Crippen LogP contribution is -2.40. The fraction of sp³-hybridized carbons (Fsp3) is 0.857. The Morgan fingerprint density at radius 3 is 2.23 bits per heavy atom. The molecule has 78 valence electrons. The molecular formula is C7H16N2O2S2. The van der Waals surface area contributed by atoms with Crippen LogP contribution in [0.4, 0.5) is 0 Å². The second-order valence-corrected chi connectivity index (χ2v) is 5.65. The van der Waals surface area contributed by atoms with Crippen LogP contribution in [0, 0.1) is 5.92 Å². The van der Waals surface area contributed by atoms with Gasteiger partial charge in [0, 0.05) is 6.04 Å². The molecule has 4 nitrogen and oxygen atoms in total. The van der Waals surface area contributed by atoms with E-state index >= 15 is 0 Å². The molecule has 3 N–H and O–H groups in total. The van der Waals surface area contributed by atoms with Gasteiger partial charge in [0.1, 0.15) is 5.75 Å². The SMILES string of the molecule is CC(C)C(C)NS(=O)(=O)CC(N)=S. The summed E-state index contributed by atoms with van der Waals surface area (Å²) < 4.78 is 25.0. The minimum absolute atomic E-state index is 0.0107. The number of rotatable bonds is 5. The number of nitrogens with one attached hydrogen (secondary N) is 1. The molecule has 0 saturated carbocycles. The molecule has 0 saturated heterocycles. The summed E-state index contributed by atoms with van der Waals surface area (Å²) in [6.45, 7) is 5.68. The molecule has 13 heavy (non-hydrogen) atoms. The molecule has 6 heteroatoms. The second kappa shape index (κ2) is 4.88. The smallest absolute Gasteiger partial charge is 0.218 e. The zero-order valence-electron chi connectivity index (χ0n) is 8.07. The Hall–Kier alpha value is -0.200. The van der Waals surface area contributed by atoms with E-state index in [4.69, 9.17) is 5.73 Å². The summed E-state index contributed by atoms with van der Waals surface area (Å²) in [7, 11) is -3.34. The Balaban J connectivity index is 4.26. The highest BCUT2D eigenvalue weighted by atomic mass is 32.2. The molecule has 0 aromatic heterocycles. The van der Waals surface area contributed by atoms with Crippen LogP contribution in [0.25, 0.3) is 0 Å². The molecule has 0 heterocycles. The number of sulfonamides is 1. The van der Waals surface area contributed by atoms with Gasteiger partial charge in [-0.3, -0.25) is 0 Å². The van der Waals surface area contributed by atoms with E-state index in [1.54, 1.807) is 0 Å². The minimum Gasteiger partial charge on any atom is -0.392 e. The molecular weight excluding hydrogens is 208 g/mol. The summed E-state index contributed by atoms with van der Waals surface area (Å²) >= 11 is 4.52. The monoisotopic (exact) mass is 224 g/mol. The van der Waals surface area contributed by atoms with Crippen LogP contribution in [0.3, 0.4) is 0 Å². The third-order valence-corrected chi connectivity index (χ3v) is 3.45. The first-order valence-corrected chi connectivity index (χ1v) is 6.09. The van der Waals surface area contributed by atoms with Crippen LogP contribution in [-0.4, -0.2) is 25.2 Å². The van der Waals surface area contributed by atoms with Crippen LogP contribution in [-0.2, 0) is 10.0 Å². The summed E-state index contributed by atoms with van der Waals surface area (Å²) in [5, 5.41) is 0. The van der Waals surface area contributed by atoms with Crippen molar-refractivity contribution in [2.75, 3.05) is 5.75 Å². The number of thiocarbonyl (C=S) groups is 1. The van der Waals surface area contributed by atoms with Gasteiger partial charge in [-0.25, -0.2) is 13.1 Å². The molecule has 0 fully saturated rings.